The Labute approximate surface area is 46.6 Å². The molecule has 1 aliphatic heterocycles. The first-order valence-corrected chi connectivity index (χ1v) is 5.66. The predicted molar refractivity (Wildman–Crippen MR) is 37.7 cm³/mol. The van der Waals surface area contributed by atoms with Crippen molar-refractivity contribution >= 4 is 7.26 Å². The van der Waals surface area contributed by atoms with Gasteiger partial charge in [0.05, 0.1) is 6.16 Å². The van der Waals surface area contributed by atoms with E-state index in [9.17, 15) is 0 Å². The van der Waals surface area contributed by atoms with Crippen molar-refractivity contribution in [1.29, 1.82) is 0 Å². The molecule has 7 heavy (non-hydrogen) atoms. The smallest absolute Gasteiger partial charge is 0.0221 e. The lowest BCUT2D eigenvalue weighted by Crippen LogP contribution is -1.92. The summed E-state index contributed by atoms with van der Waals surface area (Å²) in [5.74, 6) is 0. The Morgan fingerprint density at radius 3 is 1.43 bits per heavy atom. The van der Waals surface area contributed by atoms with E-state index in [4.69, 9.17) is 0 Å². The SMILES string of the molecule is CC1(C)C[P+]1(C)C. The van der Waals surface area contributed by atoms with Gasteiger partial charge in [-0.3, -0.25) is 0 Å². The maximum absolute atomic E-state index is 2.44. The Morgan fingerprint density at radius 1 is 1.29 bits per heavy atom. The van der Waals surface area contributed by atoms with Gasteiger partial charge in [0.2, 0.25) is 0 Å². The third-order valence-electron chi connectivity index (χ3n) is 2.32. The van der Waals surface area contributed by atoms with Gasteiger partial charge in [-0.2, -0.15) is 0 Å². The predicted octanol–water partition coefficient (Wildman–Crippen LogP) is 2.06. The lowest BCUT2D eigenvalue weighted by atomic mass is 10.3. The Kier molecular flexibility index (Phi) is 0.836. The summed E-state index contributed by atoms with van der Waals surface area (Å²) in [6.45, 7) is 9.63. The fourth-order valence-corrected chi connectivity index (χ4v) is 3.64. The van der Waals surface area contributed by atoms with Crippen LogP contribution in [0, 0.1) is 0 Å². The molecule has 0 aromatic heterocycles. The average molecular weight is 117 g/mol. The van der Waals surface area contributed by atoms with Gasteiger partial charge < -0.3 is 0 Å². The molecule has 1 aliphatic rings. The molecule has 1 fully saturated rings. The largest absolute Gasteiger partial charge is 0.107 e. The molecule has 0 amide bonds. The molecule has 0 spiro atoms. The third-order valence-corrected chi connectivity index (χ3v) is 6.95. The molecule has 0 aromatic rings. The van der Waals surface area contributed by atoms with E-state index in [1.54, 1.807) is 0 Å². The standard InChI is InChI=1S/C6H14P/c1-6(2)5-7(6,3)4/h5H2,1-4H3/q+1. The summed E-state index contributed by atoms with van der Waals surface area (Å²) >= 11 is 0. The van der Waals surface area contributed by atoms with Crippen LogP contribution in [0.25, 0.3) is 0 Å². The molecule has 0 saturated carbocycles. The van der Waals surface area contributed by atoms with Crippen LogP contribution in [0.5, 0.6) is 0 Å². The van der Waals surface area contributed by atoms with Crippen molar-refractivity contribution in [2.24, 2.45) is 0 Å². The maximum Gasteiger partial charge on any atom is 0.107 e. The molecule has 1 heterocycles. The van der Waals surface area contributed by atoms with E-state index in [0.29, 0.717) is 0 Å². The molecule has 42 valence electrons. The molecule has 0 atom stereocenters. The number of rotatable bonds is 0. The van der Waals surface area contributed by atoms with E-state index in [0.717, 1.165) is 5.16 Å². The van der Waals surface area contributed by atoms with E-state index >= 15 is 0 Å². The molecule has 0 nitrogen and oxygen atoms in total. The Hall–Kier alpha value is 0.430. The monoisotopic (exact) mass is 117 g/mol. The zero-order valence-corrected chi connectivity index (χ0v) is 6.55. The van der Waals surface area contributed by atoms with Gasteiger partial charge >= 0.3 is 0 Å². The highest BCUT2D eigenvalue weighted by atomic mass is 31.2. The van der Waals surface area contributed by atoms with Crippen molar-refractivity contribution < 1.29 is 0 Å². The van der Waals surface area contributed by atoms with Crippen LogP contribution in [0.2, 0.25) is 0 Å². The molecule has 0 unspecified atom stereocenters. The minimum atomic E-state index is -0.342. The summed E-state index contributed by atoms with van der Waals surface area (Å²) in [6.07, 6.45) is 1.51. The van der Waals surface area contributed by atoms with E-state index in [1.807, 2.05) is 0 Å². The molecule has 0 aromatic carbocycles. The lowest BCUT2D eigenvalue weighted by Gasteiger charge is -1.95. The zero-order valence-electron chi connectivity index (χ0n) is 5.65. The average Bonchev–Trinajstić information content (AvgIpc) is 1.63. The normalized spacial score (nSPS) is 32.6. The third kappa shape index (κ3) is 0.700. The van der Waals surface area contributed by atoms with Gasteiger partial charge in [-0.25, -0.2) is 0 Å². The lowest BCUT2D eigenvalue weighted by molar-refractivity contribution is 0.899. The van der Waals surface area contributed by atoms with Gasteiger partial charge in [-0.05, 0) is 13.8 Å². The summed E-state index contributed by atoms with van der Waals surface area (Å²) in [5, 5.41) is 0.757. The van der Waals surface area contributed by atoms with Gasteiger partial charge in [0.1, 0.15) is 5.16 Å². The zero-order chi connectivity index (χ0) is 5.71. The van der Waals surface area contributed by atoms with Gasteiger partial charge in [-0.15, -0.1) is 0 Å². The molecule has 1 heteroatoms. The summed E-state index contributed by atoms with van der Waals surface area (Å²) in [6, 6.07) is 0. The molecule has 0 bridgehead atoms. The van der Waals surface area contributed by atoms with Crippen LogP contribution < -0.4 is 0 Å². The highest BCUT2D eigenvalue weighted by molar-refractivity contribution is 7.83. The highest BCUT2D eigenvalue weighted by Crippen LogP contribution is 2.80. The first-order chi connectivity index (χ1) is 2.96. The van der Waals surface area contributed by atoms with Crippen LogP contribution in [0.1, 0.15) is 13.8 Å². The molecule has 1 saturated heterocycles. The molecule has 0 aliphatic carbocycles. The van der Waals surface area contributed by atoms with Crippen LogP contribution in [-0.2, 0) is 0 Å². The topological polar surface area (TPSA) is 0 Å². The summed E-state index contributed by atoms with van der Waals surface area (Å²) < 4.78 is 0. The minimum absolute atomic E-state index is 0.342. The Morgan fingerprint density at radius 2 is 1.43 bits per heavy atom. The second-order valence-corrected chi connectivity index (χ2v) is 8.55. The van der Waals surface area contributed by atoms with Crippen molar-refractivity contribution in [3.8, 4) is 0 Å². The van der Waals surface area contributed by atoms with E-state index < -0.39 is 0 Å². The molecule has 0 N–H and O–H groups in total. The molecular formula is C6H14P+. The Balaban J connectivity index is 2.59. The highest BCUT2D eigenvalue weighted by Gasteiger charge is 2.63. The number of hydrogen-bond acceptors (Lipinski definition) is 0. The summed E-state index contributed by atoms with van der Waals surface area (Å²) in [5.41, 5.74) is 0. The number of hydrogen-bond donors (Lipinski definition) is 0. The molecule has 0 radical (unpaired) electrons. The van der Waals surface area contributed by atoms with Crippen LogP contribution in [0.3, 0.4) is 0 Å². The van der Waals surface area contributed by atoms with Crippen molar-refractivity contribution in [2.75, 3.05) is 19.5 Å². The summed E-state index contributed by atoms with van der Waals surface area (Å²) in [7, 11) is -0.342. The molecule has 1 rings (SSSR count). The second kappa shape index (κ2) is 1.05. The van der Waals surface area contributed by atoms with E-state index in [2.05, 4.69) is 27.2 Å². The van der Waals surface area contributed by atoms with Crippen LogP contribution in [-0.4, -0.2) is 24.6 Å². The second-order valence-electron chi connectivity index (χ2n) is 3.66. The van der Waals surface area contributed by atoms with Crippen molar-refractivity contribution in [3.63, 3.8) is 0 Å². The van der Waals surface area contributed by atoms with Crippen molar-refractivity contribution in [2.45, 2.75) is 19.0 Å². The van der Waals surface area contributed by atoms with Gasteiger partial charge in [0.25, 0.3) is 0 Å². The maximum atomic E-state index is 2.44. The van der Waals surface area contributed by atoms with Crippen LogP contribution >= 0.6 is 7.26 Å². The first-order valence-electron chi connectivity index (χ1n) is 2.79. The minimum Gasteiger partial charge on any atom is -0.0221 e. The Bertz CT molecular complexity index is 80.4. The van der Waals surface area contributed by atoms with Crippen molar-refractivity contribution in [3.05, 3.63) is 0 Å². The van der Waals surface area contributed by atoms with Crippen LogP contribution in [0.15, 0.2) is 0 Å². The quantitative estimate of drug-likeness (QED) is 0.426. The molecular weight excluding hydrogens is 103 g/mol. The summed E-state index contributed by atoms with van der Waals surface area (Å²) in [4.78, 5) is 0. The fraction of sp³-hybridized carbons (Fsp3) is 1.00. The van der Waals surface area contributed by atoms with Crippen molar-refractivity contribution in [1.82, 2.24) is 0 Å². The van der Waals surface area contributed by atoms with Gasteiger partial charge in [0, 0.05) is 20.6 Å². The van der Waals surface area contributed by atoms with E-state index in [1.165, 1.54) is 6.16 Å². The van der Waals surface area contributed by atoms with Gasteiger partial charge in [0.15, 0.2) is 0 Å². The van der Waals surface area contributed by atoms with Gasteiger partial charge in [-0.1, -0.05) is 0 Å². The van der Waals surface area contributed by atoms with E-state index in [-0.39, 0.29) is 7.26 Å². The fourth-order valence-electron chi connectivity index (χ4n) is 0.932. The first kappa shape index (κ1) is 5.56. The van der Waals surface area contributed by atoms with Crippen LogP contribution in [0.4, 0.5) is 0 Å².